The van der Waals surface area contributed by atoms with Crippen molar-refractivity contribution in [1.29, 1.82) is 0 Å². The van der Waals surface area contributed by atoms with Gasteiger partial charge in [-0.1, -0.05) is 6.08 Å². The molecule has 1 aliphatic heterocycles. The molecular formula is C13H14O4S. The van der Waals surface area contributed by atoms with Crippen LogP contribution in [0.1, 0.15) is 27.9 Å². The lowest BCUT2D eigenvalue weighted by Crippen LogP contribution is -2.17. The number of benzene rings is 1. The molecule has 0 aromatic heterocycles. The molecule has 0 amide bonds. The van der Waals surface area contributed by atoms with Gasteiger partial charge in [0.05, 0.1) is 6.61 Å². The Kier molecular flexibility index (Phi) is 3.52. The van der Waals surface area contributed by atoms with E-state index in [4.69, 9.17) is 4.74 Å². The van der Waals surface area contributed by atoms with E-state index in [1.807, 2.05) is 0 Å². The standard InChI is InChI=1S/C13H14O4S/c1-7-11(15)8(3-2-6-18)13-10(12(7)16)9(14)4-5-17-13/h2,6,15-16,18H,3-5H2,1H3/b6-2+. The van der Waals surface area contributed by atoms with Crippen molar-refractivity contribution in [2.75, 3.05) is 6.61 Å². The fraction of sp³-hybridized carbons (Fsp3) is 0.308. The Morgan fingerprint density at radius 1 is 1.39 bits per heavy atom. The summed E-state index contributed by atoms with van der Waals surface area (Å²) in [6, 6.07) is 0. The topological polar surface area (TPSA) is 66.8 Å². The lowest BCUT2D eigenvalue weighted by Gasteiger charge is -2.22. The Balaban J connectivity index is 2.69. The van der Waals surface area contributed by atoms with Crippen LogP contribution in [0.2, 0.25) is 0 Å². The molecule has 18 heavy (non-hydrogen) atoms. The van der Waals surface area contributed by atoms with Gasteiger partial charge in [-0.05, 0) is 18.8 Å². The normalized spacial score (nSPS) is 14.7. The van der Waals surface area contributed by atoms with Crippen LogP contribution in [0.3, 0.4) is 0 Å². The predicted octanol–water partition coefficient (Wildman–Crippen LogP) is 2.36. The van der Waals surface area contributed by atoms with E-state index in [2.05, 4.69) is 12.6 Å². The number of phenolic OH excluding ortho intramolecular Hbond substituents is 2. The molecule has 2 N–H and O–H groups in total. The van der Waals surface area contributed by atoms with E-state index in [0.717, 1.165) is 0 Å². The highest BCUT2D eigenvalue weighted by atomic mass is 32.1. The van der Waals surface area contributed by atoms with Crippen LogP contribution < -0.4 is 4.74 Å². The van der Waals surface area contributed by atoms with Crippen molar-refractivity contribution in [3.8, 4) is 17.2 Å². The molecule has 0 radical (unpaired) electrons. The SMILES string of the molecule is Cc1c(O)c(C/C=C/S)c2c(c1O)C(=O)CCO2. The molecule has 1 aromatic carbocycles. The average molecular weight is 266 g/mol. The van der Waals surface area contributed by atoms with Gasteiger partial charge >= 0.3 is 0 Å². The van der Waals surface area contributed by atoms with Crippen molar-refractivity contribution in [3.63, 3.8) is 0 Å². The summed E-state index contributed by atoms with van der Waals surface area (Å²) < 4.78 is 5.44. The summed E-state index contributed by atoms with van der Waals surface area (Å²) in [6.07, 6.45) is 2.37. The quantitative estimate of drug-likeness (QED) is 0.719. The number of allylic oxidation sites excluding steroid dienone is 1. The fourth-order valence-corrected chi connectivity index (χ4v) is 2.15. The second-order valence-corrected chi connectivity index (χ2v) is 4.41. The molecule has 0 atom stereocenters. The minimum Gasteiger partial charge on any atom is -0.507 e. The van der Waals surface area contributed by atoms with E-state index in [-0.39, 0.29) is 35.9 Å². The smallest absolute Gasteiger partial charge is 0.173 e. The van der Waals surface area contributed by atoms with Gasteiger partial charge in [0, 0.05) is 17.5 Å². The number of carbonyl (C=O) groups excluding carboxylic acids is 1. The number of carbonyl (C=O) groups is 1. The number of Topliss-reactive ketones (excluding diaryl/α,β-unsaturated/α-hetero) is 1. The van der Waals surface area contributed by atoms with Gasteiger partial charge < -0.3 is 14.9 Å². The zero-order valence-corrected chi connectivity index (χ0v) is 10.8. The molecule has 0 bridgehead atoms. The predicted molar refractivity (Wildman–Crippen MR) is 70.8 cm³/mol. The molecule has 0 spiro atoms. The Labute approximate surface area is 110 Å². The molecule has 5 heteroatoms. The number of hydrogen-bond donors (Lipinski definition) is 3. The average Bonchev–Trinajstić information content (AvgIpc) is 2.36. The lowest BCUT2D eigenvalue weighted by molar-refractivity contribution is 0.0928. The maximum atomic E-state index is 11.8. The first-order valence-corrected chi connectivity index (χ1v) is 6.12. The van der Waals surface area contributed by atoms with Gasteiger partial charge in [0.2, 0.25) is 0 Å². The summed E-state index contributed by atoms with van der Waals surface area (Å²) in [5.74, 6) is -0.0931. The van der Waals surface area contributed by atoms with Gasteiger partial charge in [-0.25, -0.2) is 0 Å². The van der Waals surface area contributed by atoms with Crippen molar-refractivity contribution >= 4 is 18.4 Å². The van der Waals surface area contributed by atoms with E-state index >= 15 is 0 Å². The van der Waals surface area contributed by atoms with Crippen LogP contribution in [0.15, 0.2) is 11.5 Å². The van der Waals surface area contributed by atoms with E-state index < -0.39 is 0 Å². The van der Waals surface area contributed by atoms with E-state index in [9.17, 15) is 15.0 Å². The highest BCUT2D eigenvalue weighted by Gasteiger charge is 2.29. The third-order valence-electron chi connectivity index (χ3n) is 3.02. The number of aromatic hydroxyl groups is 2. The number of phenols is 2. The van der Waals surface area contributed by atoms with E-state index in [1.165, 1.54) is 0 Å². The summed E-state index contributed by atoms with van der Waals surface area (Å²) in [5, 5.41) is 21.5. The number of ketones is 1. The van der Waals surface area contributed by atoms with E-state index in [0.29, 0.717) is 23.3 Å². The highest BCUT2D eigenvalue weighted by molar-refractivity contribution is 7.83. The molecule has 2 rings (SSSR count). The molecule has 4 nitrogen and oxygen atoms in total. The number of hydrogen-bond acceptors (Lipinski definition) is 5. The maximum Gasteiger partial charge on any atom is 0.173 e. The minimum atomic E-state index is -0.189. The summed E-state index contributed by atoms with van der Waals surface area (Å²) in [7, 11) is 0. The molecule has 1 aliphatic rings. The monoisotopic (exact) mass is 266 g/mol. The number of thiol groups is 1. The highest BCUT2D eigenvalue weighted by Crippen LogP contribution is 2.44. The summed E-state index contributed by atoms with van der Waals surface area (Å²) in [4.78, 5) is 11.8. The molecule has 1 aromatic rings. The zero-order chi connectivity index (χ0) is 13.3. The van der Waals surface area contributed by atoms with E-state index in [1.54, 1.807) is 18.4 Å². The van der Waals surface area contributed by atoms with Gasteiger partial charge in [0.25, 0.3) is 0 Å². The van der Waals surface area contributed by atoms with Crippen LogP contribution >= 0.6 is 12.6 Å². The van der Waals surface area contributed by atoms with Crippen LogP contribution in [-0.2, 0) is 6.42 Å². The summed E-state index contributed by atoms with van der Waals surface area (Å²) in [6.45, 7) is 1.84. The van der Waals surface area contributed by atoms with Gasteiger partial charge in [-0.2, -0.15) is 12.6 Å². The van der Waals surface area contributed by atoms with Crippen molar-refractivity contribution in [2.24, 2.45) is 0 Å². The van der Waals surface area contributed by atoms with Crippen molar-refractivity contribution in [1.82, 2.24) is 0 Å². The Morgan fingerprint density at radius 2 is 2.11 bits per heavy atom. The molecule has 0 fully saturated rings. The van der Waals surface area contributed by atoms with Gasteiger partial charge in [-0.15, -0.1) is 0 Å². The van der Waals surface area contributed by atoms with Crippen molar-refractivity contribution in [2.45, 2.75) is 19.8 Å². The number of ether oxygens (including phenoxy) is 1. The fourth-order valence-electron chi connectivity index (χ4n) is 2.04. The molecule has 1 heterocycles. The first-order chi connectivity index (χ1) is 8.57. The molecule has 0 saturated heterocycles. The first-order valence-electron chi connectivity index (χ1n) is 5.60. The zero-order valence-electron chi connectivity index (χ0n) is 9.93. The van der Waals surface area contributed by atoms with Crippen molar-refractivity contribution < 1.29 is 19.7 Å². The number of fused-ring (bicyclic) bond motifs is 1. The Bertz CT molecular complexity index is 535. The van der Waals surface area contributed by atoms with Gasteiger partial charge in [-0.3, -0.25) is 4.79 Å². The molecular weight excluding hydrogens is 252 g/mol. The largest absolute Gasteiger partial charge is 0.507 e. The van der Waals surface area contributed by atoms with Crippen LogP contribution in [0, 0.1) is 6.92 Å². The van der Waals surface area contributed by atoms with Crippen molar-refractivity contribution in [3.05, 3.63) is 28.2 Å². The first kappa shape index (κ1) is 12.8. The van der Waals surface area contributed by atoms with Crippen LogP contribution in [0.25, 0.3) is 0 Å². The molecule has 0 saturated carbocycles. The van der Waals surface area contributed by atoms with Gasteiger partial charge in [0.1, 0.15) is 22.8 Å². The maximum absolute atomic E-state index is 11.8. The third-order valence-corrected chi connectivity index (χ3v) is 3.23. The second kappa shape index (κ2) is 4.94. The second-order valence-electron chi connectivity index (χ2n) is 4.12. The molecule has 0 aliphatic carbocycles. The minimum absolute atomic E-state index is 0.0348. The summed E-state index contributed by atoms with van der Waals surface area (Å²) in [5.41, 5.74) is 0.993. The van der Waals surface area contributed by atoms with Crippen LogP contribution in [0.5, 0.6) is 17.2 Å². The van der Waals surface area contributed by atoms with Crippen LogP contribution in [0.4, 0.5) is 0 Å². The molecule has 96 valence electrons. The summed E-state index contributed by atoms with van der Waals surface area (Å²) >= 11 is 3.96. The Hall–Kier alpha value is -1.62. The van der Waals surface area contributed by atoms with Gasteiger partial charge in [0.15, 0.2) is 5.78 Å². The molecule has 0 unspecified atom stereocenters. The number of rotatable bonds is 2. The van der Waals surface area contributed by atoms with Crippen LogP contribution in [-0.4, -0.2) is 22.6 Å². The Morgan fingerprint density at radius 3 is 2.78 bits per heavy atom. The third kappa shape index (κ3) is 1.95. The lowest BCUT2D eigenvalue weighted by atomic mass is 9.94.